The molecule has 0 aromatic heterocycles. The monoisotopic (exact) mass is 275 g/mol. The van der Waals surface area contributed by atoms with Crippen LogP contribution in [-0.4, -0.2) is 18.6 Å². The third kappa shape index (κ3) is 5.26. The first-order valence-electron chi connectivity index (χ1n) is 6.83. The Kier molecular flexibility index (Phi) is 7.11. The molecule has 0 aliphatic carbocycles. The summed E-state index contributed by atoms with van der Waals surface area (Å²) in [4.78, 5) is 22.5. The maximum absolute atomic E-state index is 12.0. The first kappa shape index (κ1) is 16.0. The Hall–Kier alpha value is -2.10. The number of rotatable bonds is 9. The SMILES string of the molecule is C=Cc1ccc(C(=O)NC(CCCCC)OC=O)cc1. The fourth-order valence-electron chi connectivity index (χ4n) is 1.82. The fourth-order valence-corrected chi connectivity index (χ4v) is 1.82. The van der Waals surface area contributed by atoms with Crippen LogP contribution >= 0.6 is 0 Å². The van der Waals surface area contributed by atoms with Gasteiger partial charge in [0.05, 0.1) is 0 Å². The first-order valence-corrected chi connectivity index (χ1v) is 6.83. The molecule has 0 heterocycles. The molecule has 1 aromatic rings. The van der Waals surface area contributed by atoms with Crippen LogP contribution < -0.4 is 5.32 Å². The van der Waals surface area contributed by atoms with Crippen LogP contribution in [0.15, 0.2) is 30.8 Å². The van der Waals surface area contributed by atoms with Crippen LogP contribution in [0.3, 0.4) is 0 Å². The van der Waals surface area contributed by atoms with Crippen molar-refractivity contribution >= 4 is 18.5 Å². The van der Waals surface area contributed by atoms with Crippen LogP contribution in [0.2, 0.25) is 0 Å². The number of ether oxygens (including phenoxy) is 1. The first-order chi connectivity index (χ1) is 9.71. The average Bonchev–Trinajstić information content (AvgIpc) is 2.47. The zero-order valence-corrected chi connectivity index (χ0v) is 11.8. The average molecular weight is 275 g/mol. The Morgan fingerprint density at radius 3 is 2.60 bits per heavy atom. The summed E-state index contributed by atoms with van der Waals surface area (Å²) in [5.41, 5.74) is 1.48. The number of carbonyl (C=O) groups excluding carboxylic acids is 2. The van der Waals surface area contributed by atoms with Gasteiger partial charge in [-0.25, -0.2) is 0 Å². The summed E-state index contributed by atoms with van der Waals surface area (Å²) in [6.45, 7) is 6.13. The number of hydrogen-bond donors (Lipinski definition) is 1. The van der Waals surface area contributed by atoms with E-state index >= 15 is 0 Å². The Bertz CT molecular complexity index is 440. The maximum Gasteiger partial charge on any atom is 0.295 e. The van der Waals surface area contributed by atoms with E-state index in [2.05, 4.69) is 18.8 Å². The highest BCUT2D eigenvalue weighted by molar-refractivity contribution is 5.94. The molecule has 1 atom stereocenters. The molecule has 0 bridgehead atoms. The minimum atomic E-state index is -0.564. The van der Waals surface area contributed by atoms with E-state index in [1.54, 1.807) is 18.2 Å². The molecule has 0 saturated carbocycles. The summed E-state index contributed by atoms with van der Waals surface area (Å²) < 4.78 is 4.90. The number of carbonyl (C=O) groups is 2. The summed E-state index contributed by atoms with van der Waals surface area (Å²) in [7, 11) is 0. The van der Waals surface area contributed by atoms with E-state index < -0.39 is 6.23 Å². The van der Waals surface area contributed by atoms with E-state index in [0.29, 0.717) is 18.5 Å². The molecule has 1 unspecified atom stereocenters. The topological polar surface area (TPSA) is 55.4 Å². The molecule has 4 nitrogen and oxygen atoms in total. The third-order valence-corrected chi connectivity index (χ3v) is 2.99. The molecule has 0 radical (unpaired) electrons. The Morgan fingerprint density at radius 1 is 1.35 bits per heavy atom. The summed E-state index contributed by atoms with van der Waals surface area (Å²) in [5.74, 6) is -0.246. The molecule has 1 aromatic carbocycles. The van der Waals surface area contributed by atoms with E-state index in [1.165, 1.54) is 0 Å². The molecule has 20 heavy (non-hydrogen) atoms. The molecule has 0 fully saturated rings. The fraction of sp³-hybridized carbons (Fsp3) is 0.375. The largest absolute Gasteiger partial charge is 0.444 e. The quantitative estimate of drug-likeness (QED) is 0.428. The van der Waals surface area contributed by atoms with Crippen molar-refractivity contribution in [2.75, 3.05) is 0 Å². The van der Waals surface area contributed by atoms with E-state index in [4.69, 9.17) is 4.74 Å². The van der Waals surface area contributed by atoms with Gasteiger partial charge >= 0.3 is 0 Å². The summed E-state index contributed by atoms with van der Waals surface area (Å²) in [5, 5.41) is 2.71. The number of amides is 1. The molecule has 4 heteroatoms. The summed E-state index contributed by atoms with van der Waals surface area (Å²) in [6.07, 6.45) is 4.80. The molecule has 0 saturated heterocycles. The second kappa shape index (κ2) is 8.91. The van der Waals surface area contributed by atoms with Gasteiger partial charge in [-0.2, -0.15) is 0 Å². The van der Waals surface area contributed by atoms with E-state index in [-0.39, 0.29) is 5.91 Å². The number of hydrogen-bond acceptors (Lipinski definition) is 3. The molecule has 0 aliphatic heterocycles. The smallest absolute Gasteiger partial charge is 0.295 e. The van der Waals surface area contributed by atoms with Crippen LogP contribution in [0.5, 0.6) is 0 Å². The lowest BCUT2D eigenvalue weighted by Crippen LogP contribution is -2.36. The van der Waals surface area contributed by atoms with E-state index in [9.17, 15) is 9.59 Å². The van der Waals surface area contributed by atoms with Crippen molar-refractivity contribution in [1.82, 2.24) is 5.32 Å². The molecular weight excluding hydrogens is 254 g/mol. The molecule has 108 valence electrons. The van der Waals surface area contributed by atoms with Crippen LogP contribution in [0.4, 0.5) is 0 Å². The summed E-state index contributed by atoms with van der Waals surface area (Å²) >= 11 is 0. The van der Waals surface area contributed by atoms with Crippen molar-refractivity contribution in [1.29, 1.82) is 0 Å². The second-order valence-electron chi connectivity index (χ2n) is 4.52. The van der Waals surface area contributed by atoms with Crippen LogP contribution in [0.25, 0.3) is 6.08 Å². The van der Waals surface area contributed by atoms with Crippen LogP contribution in [0, 0.1) is 0 Å². The Morgan fingerprint density at radius 2 is 2.05 bits per heavy atom. The number of nitrogens with one attached hydrogen (secondary N) is 1. The zero-order valence-electron chi connectivity index (χ0n) is 11.8. The van der Waals surface area contributed by atoms with Crippen molar-refractivity contribution in [2.24, 2.45) is 0 Å². The molecule has 1 N–H and O–H groups in total. The van der Waals surface area contributed by atoms with Gasteiger partial charge < -0.3 is 10.1 Å². The van der Waals surface area contributed by atoms with Gasteiger partial charge in [-0.3, -0.25) is 9.59 Å². The minimum Gasteiger partial charge on any atom is -0.444 e. The van der Waals surface area contributed by atoms with Gasteiger partial charge in [0.1, 0.15) is 0 Å². The van der Waals surface area contributed by atoms with Gasteiger partial charge in [-0.05, 0) is 24.1 Å². The summed E-state index contributed by atoms with van der Waals surface area (Å²) in [6, 6.07) is 7.07. The number of benzene rings is 1. The minimum absolute atomic E-state index is 0.246. The lowest BCUT2D eigenvalue weighted by molar-refractivity contribution is -0.134. The zero-order chi connectivity index (χ0) is 14.8. The van der Waals surface area contributed by atoms with Crippen molar-refractivity contribution in [3.8, 4) is 0 Å². The van der Waals surface area contributed by atoms with Gasteiger partial charge in [0, 0.05) is 12.0 Å². The number of unbranched alkanes of at least 4 members (excludes halogenated alkanes) is 2. The van der Waals surface area contributed by atoms with E-state index in [1.807, 2.05) is 12.1 Å². The normalized spacial score (nSPS) is 11.4. The van der Waals surface area contributed by atoms with Gasteiger partial charge in [-0.1, -0.05) is 44.6 Å². The maximum atomic E-state index is 12.0. The molecule has 0 aliphatic rings. The van der Waals surface area contributed by atoms with Gasteiger partial charge in [0.15, 0.2) is 6.23 Å². The van der Waals surface area contributed by atoms with Crippen LogP contribution in [-0.2, 0) is 9.53 Å². The van der Waals surface area contributed by atoms with Crippen molar-refractivity contribution in [3.63, 3.8) is 0 Å². The Balaban J connectivity index is 2.58. The molecular formula is C16H21NO3. The third-order valence-electron chi connectivity index (χ3n) is 2.99. The highest BCUT2D eigenvalue weighted by Crippen LogP contribution is 2.08. The molecule has 1 amide bonds. The van der Waals surface area contributed by atoms with Crippen molar-refractivity contribution in [3.05, 3.63) is 42.0 Å². The predicted molar refractivity (Wildman–Crippen MR) is 79.1 cm³/mol. The highest BCUT2D eigenvalue weighted by Gasteiger charge is 2.13. The van der Waals surface area contributed by atoms with Crippen LogP contribution in [0.1, 0.15) is 48.5 Å². The van der Waals surface area contributed by atoms with Gasteiger partial charge in [0.2, 0.25) is 0 Å². The Labute approximate surface area is 119 Å². The highest BCUT2D eigenvalue weighted by atomic mass is 16.5. The lowest BCUT2D eigenvalue weighted by Gasteiger charge is -2.16. The van der Waals surface area contributed by atoms with Gasteiger partial charge in [-0.15, -0.1) is 0 Å². The standard InChI is InChI=1S/C16H21NO3/c1-3-5-6-7-15(20-12-18)17-16(19)14-10-8-13(4-2)9-11-14/h4,8-12,15H,2-3,5-7H2,1H3,(H,17,19). The molecule has 0 spiro atoms. The lowest BCUT2D eigenvalue weighted by atomic mass is 10.1. The van der Waals surface area contributed by atoms with E-state index in [0.717, 1.165) is 24.8 Å². The van der Waals surface area contributed by atoms with Crippen molar-refractivity contribution in [2.45, 2.75) is 38.8 Å². The van der Waals surface area contributed by atoms with Crippen molar-refractivity contribution < 1.29 is 14.3 Å². The second-order valence-corrected chi connectivity index (χ2v) is 4.52. The predicted octanol–water partition coefficient (Wildman–Crippen LogP) is 3.14. The molecule has 1 rings (SSSR count). The van der Waals surface area contributed by atoms with Gasteiger partial charge in [0.25, 0.3) is 12.4 Å².